The number of hydrogen-bond donors (Lipinski definition) is 0. The van der Waals surface area contributed by atoms with Crippen LogP contribution in [-0.2, 0) is 16.0 Å². The summed E-state index contributed by atoms with van der Waals surface area (Å²) in [6.45, 7) is 2.03. The third-order valence-corrected chi connectivity index (χ3v) is 4.89. The lowest BCUT2D eigenvalue weighted by molar-refractivity contribution is -0.134. The van der Waals surface area contributed by atoms with Crippen LogP contribution < -0.4 is 4.74 Å². The second kappa shape index (κ2) is 8.12. The summed E-state index contributed by atoms with van der Waals surface area (Å²) < 4.78 is 38.9. The molecular weight excluding hydrogens is 382 g/mol. The lowest BCUT2D eigenvalue weighted by Gasteiger charge is -2.26. The first-order chi connectivity index (χ1) is 14.1. The molecule has 0 unspecified atom stereocenters. The van der Waals surface area contributed by atoms with Crippen LogP contribution in [0.3, 0.4) is 0 Å². The highest BCUT2D eigenvalue weighted by atomic mass is 19.3. The standard InChI is InChI=1S/C20H20F2N4O3/c1-28-15-4-2-13(3-5-15)16-11-17(19(21)22)26-20(24-16)14(12-23-26)10-18(27)25-6-8-29-9-7-25/h2-5,11-12,19H,6-10H2,1H3. The number of morpholine rings is 1. The van der Waals surface area contributed by atoms with Crippen molar-refractivity contribution >= 4 is 11.6 Å². The summed E-state index contributed by atoms with van der Waals surface area (Å²) in [4.78, 5) is 18.8. The molecule has 152 valence electrons. The average molecular weight is 402 g/mol. The summed E-state index contributed by atoms with van der Waals surface area (Å²) in [5.74, 6) is 0.559. The number of aromatic nitrogens is 3. The van der Waals surface area contributed by atoms with Crippen molar-refractivity contribution in [2.75, 3.05) is 33.4 Å². The van der Waals surface area contributed by atoms with E-state index in [2.05, 4.69) is 10.1 Å². The van der Waals surface area contributed by atoms with Gasteiger partial charge in [-0.25, -0.2) is 18.3 Å². The Bertz CT molecular complexity index is 1010. The molecule has 29 heavy (non-hydrogen) atoms. The minimum atomic E-state index is -2.74. The zero-order chi connectivity index (χ0) is 20.4. The zero-order valence-corrected chi connectivity index (χ0v) is 15.8. The second-order valence-electron chi connectivity index (χ2n) is 6.67. The van der Waals surface area contributed by atoms with Gasteiger partial charge in [0.05, 0.1) is 38.6 Å². The number of alkyl halides is 2. The SMILES string of the molecule is COc1ccc(-c2cc(C(F)F)n3ncc(CC(=O)N4CCOCC4)c3n2)cc1. The predicted molar refractivity (Wildman–Crippen MR) is 101 cm³/mol. The maximum absolute atomic E-state index is 13.7. The Morgan fingerprint density at radius 2 is 1.97 bits per heavy atom. The number of nitrogens with zero attached hydrogens (tertiary/aromatic N) is 4. The number of amides is 1. The number of hydrogen-bond acceptors (Lipinski definition) is 5. The van der Waals surface area contributed by atoms with E-state index >= 15 is 0 Å². The van der Waals surface area contributed by atoms with Crippen LogP contribution in [0.5, 0.6) is 5.75 Å². The Kier molecular flexibility index (Phi) is 5.39. The van der Waals surface area contributed by atoms with Gasteiger partial charge < -0.3 is 14.4 Å². The molecule has 1 aliphatic rings. The molecule has 2 aromatic heterocycles. The highest BCUT2D eigenvalue weighted by Gasteiger charge is 2.22. The fourth-order valence-electron chi connectivity index (χ4n) is 3.31. The summed E-state index contributed by atoms with van der Waals surface area (Å²) in [7, 11) is 1.55. The van der Waals surface area contributed by atoms with E-state index in [-0.39, 0.29) is 23.7 Å². The molecule has 1 fully saturated rings. The van der Waals surface area contributed by atoms with Crippen molar-refractivity contribution < 1.29 is 23.0 Å². The Morgan fingerprint density at radius 3 is 2.62 bits per heavy atom. The largest absolute Gasteiger partial charge is 0.497 e. The number of ether oxygens (including phenoxy) is 2. The number of carbonyl (C=O) groups is 1. The van der Waals surface area contributed by atoms with E-state index in [1.807, 2.05) is 0 Å². The molecule has 9 heteroatoms. The molecule has 3 heterocycles. The maximum atomic E-state index is 13.7. The van der Waals surface area contributed by atoms with E-state index in [4.69, 9.17) is 9.47 Å². The van der Waals surface area contributed by atoms with Crippen LogP contribution in [0.2, 0.25) is 0 Å². The van der Waals surface area contributed by atoms with Crippen LogP contribution in [0.1, 0.15) is 17.7 Å². The highest BCUT2D eigenvalue weighted by molar-refractivity contribution is 5.81. The van der Waals surface area contributed by atoms with E-state index < -0.39 is 6.43 Å². The molecule has 0 spiro atoms. The zero-order valence-electron chi connectivity index (χ0n) is 15.8. The van der Waals surface area contributed by atoms with Crippen LogP contribution in [0.25, 0.3) is 16.9 Å². The number of carbonyl (C=O) groups excluding carboxylic acids is 1. The summed E-state index contributed by atoms with van der Waals surface area (Å²) in [5.41, 5.74) is 1.55. The van der Waals surface area contributed by atoms with Gasteiger partial charge in [0.1, 0.15) is 11.4 Å². The molecule has 0 radical (unpaired) electrons. The van der Waals surface area contributed by atoms with Gasteiger partial charge in [-0.15, -0.1) is 0 Å². The Labute approximate surface area is 165 Å². The summed E-state index contributed by atoms with van der Waals surface area (Å²) in [5, 5.41) is 4.06. The smallest absolute Gasteiger partial charge is 0.280 e. The molecule has 1 amide bonds. The molecule has 1 aromatic carbocycles. The van der Waals surface area contributed by atoms with Gasteiger partial charge >= 0.3 is 0 Å². The second-order valence-corrected chi connectivity index (χ2v) is 6.67. The summed E-state index contributed by atoms with van der Waals surface area (Å²) >= 11 is 0. The molecule has 0 saturated carbocycles. The Balaban J connectivity index is 1.72. The van der Waals surface area contributed by atoms with Crippen molar-refractivity contribution in [2.45, 2.75) is 12.8 Å². The summed E-state index contributed by atoms with van der Waals surface area (Å²) in [6, 6.07) is 8.30. The van der Waals surface area contributed by atoms with Crippen LogP contribution in [0.4, 0.5) is 8.78 Å². The first-order valence-corrected chi connectivity index (χ1v) is 9.22. The molecule has 0 N–H and O–H groups in total. The third kappa shape index (κ3) is 3.91. The normalized spacial score (nSPS) is 14.6. The first-order valence-electron chi connectivity index (χ1n) is 9.22. The Hall–Kier alpha value is -3.07. The molecule has 0 atom stereocenters. The minimum Gasteiger partial charge on any atom is -0.497 e. The van der Waals surface area contributed by atoms with Crippen molar-refractivity contribution in [1.82, 2.24) is 19.5 Å². The quantitative estimate of drug-likeness (QED) is 0.657. The lowest BCUT2D eigenvalue weighted by Crippen LogP contribution is -2.41. The molecule has 1 aliphatic heterocycles. The van der Waals surface area contributed by atoms with Crippen molar-refractivity contribution in [3.63, 3.8) is 0 Å². The van der Waals surface area contributed by atoms with Crippen LogP contribution >= 0.6 is 0 Å². The van der Waals surface area contributed by atoms with Gasteiger partial charge in [-0.3, -0.25) is 4.79 Å². The van der Waals surface area contributed by atoms with E-state index in [0.29, 0.717) is 48.9 Å². The molecule has 7 nitrogen and oxygen atoms in total. The van der Waals surface area contributed by atoms with E-state index in [1.54, 1.807) is 36.3 Å². The molecule has 3 aromatic rings. The fraction of sp³-hybridized carbons (Fsp3) is 0.350. The number of methoxy groups -OCH3 is 1. The van der Waals surface area contributed by atoms with E-state index in [0.717, 1.165) is 4.52 Å². The van der Waals surface area contributed by atoms with Gasteiger partial charge in [0.2, 0.25) is 5.91 Å². The third-order valence-electron chi connectivity index (χ3n) is 4.89. The van der Waals surface area contributed by atoms with Gasteiger partial charge in [0.25, 0.3) is 6.43 Å². The van der Waals surface area contributed by atoms with Gasteiger partial charge in [0, 0.05) is 24.2 Å². The van der Waals surface area contributed by atoms with E-state index in [9.17, 15) is 13.6 Å². The van der Waals surface area contributed by atoms with Gasteiger partial charge in [-0.2, -0.15) is 5.10 Å². The molecule has 4 rings (SSSR count). The summed E-state index contributed by atoms with van der Waals surface area (Å²) in [6.07, 6.45) is -1.25. The van der Waals surface area contributed by atoms with Crippen LogP contribution in [-0.4, -0.2) is 58.8 Å². The van der Waals surface area contributed by atoms with Crippen LogP contribution in [0, 0.1) is 0 Å². The predicted octanol–water partition coefficient (Wildman–Crippen LogP) is 2.74. The van der Waals surface area contributed by atoms with Gasteiger partial charge in [-0.1, -0.05) is 0 Å². The van der Waals surface area contributed by atoms with Crippen molar-refractivity contribution in [1.29, 1.82) is 0 Å². The lowest BCUT2D eigenvalue weighted by atomic mass is 10.1. The molecule has 0 aliphatic carbocycles. The van der Waals surface area contributed by atoms with Crippen LogP contribution in [0.15, 0.2) is 36.5 Å². The molecular formula is C20H20F2N4O3. The topological polar surface area (TPSA) is 69.0 Å². The Morgan fingerprint density at radius 1 is 1.24 bits per heavy atom. The number of benzene rings is 1. The molecule has 1 saturated heterocycles. The first kappa shape index (κ1) is 19.3. The highest BCUT2D eigenvalue weighted by Crippen LogP contribution is 2.28. The number of halogens is 2. The minimum absolute atomic E-state index is 0.0469. The average Bonchev–Trinajstić information content (AvgIpc) is 3.16. The number of fused-ring (bicyclic) bond motifs is 1. The van der Waals surface area contributed by atoms with Crippen molar-refractivity contribution in [2.24, 2.45) is 0 Å². The van der Waals surface area contributed by atoms with Crippen molar-refractivity contribution in [3.8, 4) is 17.0 Å². The monoisotopic (exact) mass is 402 g/mol. The van der Waals surface area contributed by atoms with Gasteiger partial charge in [0.15, 0.2) is 5.65 Å². The molecule has 0 bridgehead atoms. The fourth-order valence-corrected chi connectivity index (χ4v) is 3.31. The number of rotatable bonds is 5. The van der Waals surface area contributed by atoms with Gasteiger partial charge in [-0.05, 0) is 30.3 Å². The van der Waals surface area contributed by atoms with E-state index in [1.165, 1.54) is 12.3 Å². The maximum Gasteiger partial charge on any atom is 0.280 e. The van der Waals surface area contributed by atoms with Crippen molar-refractivity contribution in [3.05, 3.63) is 47.8 Å².